The van der Waals surface area contributed by atoms with Crippen LogP contribution in [0.5, 0.6) is 0 Å². The highest BCUT2D eigenvalue weighted by Crippen LogP contribution is 2.29. The Morgan fingerprint density at radius 3 is 2.61 bits per heavy atom. The molecule has 2 amide bonds. The van der Waals surface area contributed by atoms with Gasteiger partial charge in [0, 0.05) is 39.1 Å². The molecule has 1 atom stereocenters. The van der Waals surface area contributed by atoms with E-state index in [2.05, 4.69) is 5.32 Å². The zero-order valence-electron chi connectivity index (χ0n) is 14.0. The van der Waals surface area contributed by atoms with Crippen LogP contribution in [0.3, 0.4) is 0 Å². The van der Waals surface area contributed by atoms with Crippen molar-refractivity contribution in [2.24, 2.45) is 5.92 Å². The molecule has 0 spiro atoms. The molecule has 2 aliphatic rings. The van der Waals surface area contributed by atoms with E-state index in [1.165, 1.54) is 24.2 Å². The fraction of sp³-hybridized carbons (Fsp3) is 0.867. The Hall–Kier alpha value is -1.15. The van der Waals surface area contributed by atoms with Crippen LogP contribution >= 0.6 is 0 Å². The van der Waals surface area contributed by atoms with Crippen LogP contribution in [0.2, 0.25) is 0 Å². The highest BCUT2D eigenvalue weighted by molar-refractivity contribution is 7.88. The molecule has 132 valence electrons. The molecule has 0 aromatic heterocycles. The molecule has 1 saturated heterocycles. The van der Waals surface area contributed by atoms with E-state index < -0.39 is 10.0 Å². The summed E-state index contributed by atoms with van der Waals surface area (Å²) in [6, 6.07) is 0.323. The number of hydrogen-bond acceptors (Lipinski definition) is 4. The fourth-order valence-electron chi connectivity index (χ4n) is 3.30. The first-order chi connectivity index (χ1) is 10.8. The third kappa shape index (κ3) is 4.91. The van der Waals surface area contributed by atoms with Gasteiger partial charge >= 0.3 is 0 Å². The van der Waals surface area contributed by atoms with Crippen LogP contribution in [0.1, 0.15) is 38.5 Å². The monoisotopic (exact) mass is 345 g/mol. The zero-order valence-corrected chi connectivity index (χ0v) is 14.8. The first-order valence-corrected chi connectivity index (χ1v) is 10.1. The molecule has 23 heavy (non-hydrogen) atoms. The standard InChI is InChI=1S/C15H27N3O4S/c1-17(23(2,21)22)9-5-8-16-15(20)12-10-14(19)18(11-12)13-6-3-4-7-13/h12-13H,3-11H2,1-2H3,(H,16,20)/t12-/m0/s1. The number of sulfonamides is 1. The molecule has 2 fully saturated rings. The lowest BCUT2D eigenvalue weighted by Gasteiger charge is -2.23. The number of carbonyl (C=O) groups excluding carboxylic acids is 2. The van der Waals surface area contributed by atoms with Gasteiger partial charge in [0.2, 0.25) is 21.8 Å². The summed E-state index contributed by atoms with van der Waals surface area (Å²) in [7, 11) is -1.65. The average Bonchev–Trinajstić information content (AvgIpc) is 3.10. The zero-order chi connectivity index (χ0) is 17.0. The summed E-state index contributed by atoms with van der Waals surface area (Å²) in [6.07, 6.45) is 6.45. The van der Waals surface area contributed by atoms with E-state index in [-0.39, 0.29) is 17.7 Å². The molecule has 0 bridgehead atoms. The summed E-state index contributed by atoms with van der Waals surface area (Å²) in [5, 5.41) is 2.82. The molecule has 0 aromatic rings. The lowest BCUT2D eigenvalue weighted by Crippen LogP contribution is -2.37. The van der Waals surface area contributed by atoms with E-state index in [0.29, 0.717) is 38.5 Å². The number of likely N-dealkylation sites (tertiary alicyclic amines) is 1. The van der Waals surface area contributed by atoms with Crippen molar-refractivity contribution in [1.29, 1.82) is 0 Å². The van der Waals surface area contributed by atoms with Crippen LogP contribution in [-0.2, 0) is 19.6 Å². The molecule has 1 aliphatic carbocycles. The molecule has 8 heteroatoms. The third-order valence-electron chi connectivity index (χ3n) is 4.81. The Morgan fingerprint density at radius 1 is 1.35 bits per heavy atom. The lowest BCUT2D eigenvalue weighted by atomic mass is 10.1. The minimum absolute atomic E-state index is 0.0915. The highest BCUT2D eigenvalue weighted by Gasteiger charge is 2.38. The summed E-state index contributed by atoms with van der Waals surface area (Å²) < 4.78 is 23.8. The fourth-order valence-corrected chi connectivity index (χ4v) is 3.76. The molecule has 1 N–H and O–H groups in total. The summed E-state index contributed by atoms with van der Waals surface area (Å²) in [5.41, 5.74) is 0. The second-order valence-electron chi connectivity index (χ2n) is 6.61. The van der Waals surface area contributed by atoms with Crippen LogP contribution in [0, 0.1) is 5.92 Å². The van der Waals surface area contributed by atoms with E-state index in [9.17, 15) is 18.0 Å². The van der Waals surface area contributed by atoms with Gasteiger partial charge in [-0.05, 0) is 19.3 Å². The van der Waals surface area contributed by atoms with Gasteiger partial charge in [-0.25, -0.2) is 12.7 Å². The molecule has 1 heterocycles. The lowest BCUT2D eigenvalue weighted by molar-refractivity contribution is -0.130. The van der Waals surface area contributed by atoms with Crippen molar-refractivity contribution in [2.75, 3.05) is 32.9 Å². The Morgan fingerprint density at radius 2 is 2.00 bits per heavy atom. The van der Waals surface area contributed by atoms with Gasteiger partial charge in [-0.2, -0.15) is 0 Å². The smallest absolute Gasteiger partial charge is 0.225 e. The Balaban J connectivity index is 1.71. The minimum atomic E-state index is -3.17. The first-order valence-electron chi connectivity index (χ1n) is 8.27. The highest BCUT2D eigenvalue weighted by atomic mass is 32.2. The van der Waals surface area contributed by atoms with E-state index in [1.807, 2.05) is 4.90 Å². The summed E-state index contributed by atoms with van der Waals surface area (Å²) in [6.45, 7) is 1.32. The van der Waals surface area contributed by atoms with Crippen molar-refractivity contribution in [3.05, 3.63) is 0 Å². The van der Waals surface area contributed by atoms with Crippen molar-refractivity contribution in [2.45, 2.75) is 44.6 Å². The van der Waals surface area contributed by atoms with E-state index in [1.54, 1.807) is 0 Å². The van der Waals surface area contributed by atoms with Gasteiger partial charge in [0.25, 0.3) is 0 Å². The normalized spacial score (nSPS) is 23.0. The van der Waals surface area contributed by atoms with Gasteiger partial charge in [-0.3, -0.25) is 9.59 Å². The second kappa shape index (κ2) is 7.61. The van der Waals surface area contributed by atoms with E-state index >= 15 is 0 Å². The topological polar surface area (TPSA) is 86.8 Å². The molecular formula is C15H27N3O4S. The largest absolute Gasteiger partial charge is 0.356 e. The molecule has 0 aromatic carbocycles. The first kappa shape index (κ1) is 18.2. The number of nitrogens with one attached hydrogen (secondary N) is 1. The van der Waals surface area contributed by atoms with Crippen molar-refractivity contribution < 1.29 is 18.0 Å². The van der Waals surface area contributed by atoms with Gasteiger partial charge in [-0.1, -0.05) is 12.8 Å². The molecule has 0 unspecified atom stereocenters. The molecule has 7 nitrogen and oxygen atoms in total. The number of rotatable bonds is 7. The number of amides is 2. The second-order valence-corrected chi connectivity index (χ2v) is 8.70. The third-order valence-corrected chi connectivity index (χ3v) is 6.12. The summed E-state index contributed by atoms with van der Waals surface area (Å²) in [4.78, 5) is 26.1. The van der Waals surface area contributed by atoms with Crippen LogP contribution in [0.25, 0.3) is 0 Å². The molecule has 1 saturated carbocycles. The maximum absolute atomic E-state index is 12.2. The van der Waals surface area contributed by atoms with Crippen molar-refractivity contribution >= 4 is 21.8 Å². The Kier molecular flexibility index (Phi) is 6.02. The van der Waals surface area contributed by atoms with Crippen molar-refractivity contribution in [1.82, 2.24) is 14.5 Å². The molecule has 0 radical (unpaired) electrons. The quantitative estimate of drug-likeness (QED) is 0.667. The Labute approximate surface area is 138 Å². The predicted octanol–water partition coefficient (Wildman–Crippen LogP) is 0.175. The van der Waals surface area contributed by atoms with Gasteiger partial charge in [-0.15, -0.1) is 0 Å². The van der Waals surface area contributed by atoms with E-state index in [4.69, 9.17) is 0 Å². The summed E-state index contributed by atoms with van der Waals surface area (Å²) >= 11 is 0. The van der Waals surface area contributed by atoms with Crippen LogP contribution in [0.15, 0.2) is 0 Å². The molecule has 2 rings (SSSR count). The van der Waals surface area contributed by atoms with Crippen LogP contribution < -0.4 is 5.32 Å². The number of nitrogens with zero attached hydrogens (tertiary/aromatic N) is 2. The van der Waals surface area contributed by atoms with Crippen LogP contribution in [-0.4, -0.2) is 68.4 Å². The predicted molar refractivity (Wildman–Crippen MR) is 87.2 cm³/mol. The van der Waals surface area contributed by atoms with Crippen molar-refractivity contribution in [3.63, 3.8) is 0 Å². The SMILES string of the molecule is CN(CCCNC(=O)[C@H]1CC(=O)N(C2CCCC2)C1)S(C)(=O)=O. The van der Waals surface area contributed by atoms with Gasteiger partial charge < -0.3 is 10.2 Å². The van der Waals surface area contributed by atoms with Crippen molar-refractivity contribution in [3.8, 4) is 0 Å². The van der Waals surface area contributed by atoms with E-state index in [0.717, 1.165) is 19.1 Å². The number of hydrogen-bond donors (Lipinski definition) is 1. The average molecular weight is 345 g/mol. The minimum Gasteiger partial charge on any atom is -0.356 e. The molecule has 1 aliphatic heterocycles. The maximum atomic E-state index is 12.2. The van der Waals surface area contributed by atoms with Gasteiger partial charge in [0.1, 0.15) is 0 Å². The van der Waals surface area contributed by atoms with Gasteiger partial charge in [0.15, 0.2) is 0 Å². The summed E-state index contributed by atoms with van der Waals surface area (Å²) in [5.74, 6) is -0.273. The molecular weight excluding hydrogens is 318 g/mol. The number of carbonyl (C=O) groups is 2. The van der Waals surface area contributed by atoms with Crippen LogP contribution in [0.4, 0.5) is 0 Å². The Bertz CT molecular complexity index is 543. The maximum Gasteiger partial charge on any atom is 0.225 e. The van der Waals surface area contributed by atoms with Gasteiger partial charge in [0.05, 0.1) is 12.2 Å².